The predicted molar refractivity (Wildman–Crippen MR) is 308 cm³/mol. The van der Waals surface area contributed by atoms with E-state index < -0.39 is 26.5 Å². The molecule has 0 bridgehead atoms. The Labute approximate surface area is 448 Å². The molecule has 0 aromatic heterocycles. The van der Waals surface area contributed by atoms with Gasteiger partial charge in [0, 0.05) is 12.8 Å². The first-order chi connectivity index (χ1) is 35.0. The zero-order valence-corrected chi connectivity index (χ0v) is 49.9. The van der Waals surface area contributed by atoms with Gasteiger partial charge in [-0.05, 0) is 12.8 Å². The fourth-order valence-corrected chi connectivity index (χ4v) is 10.5. The Hall–Kier alpha value is -0.990. The van der Waals surface area contributed by atoms with Crippen molar-refractivity contribution in [3.8, 4) is 0 Å². The number of esters is 2. The second kappa shape index (κ2) is 54.8. The van der Waals surface area contributed by atoms with Crippen LogP contribution in [0.1, 0.15) is 335 Å². The number of carbonyl (C=O) groups is 2. The molecule has 0 saturated carbocycles. The van der Waals surface area contributed by atoms with Crippen LogP contribution in [0.4, 0.5) is 0 Å². The van der Waals surface area contributed by atoms with Crippen molar-refractivity contribution in [2.24, 2.45) is 0 Å². The third kappa shape index (κ3) is 58.3. The zero-order valence-electron chi connectivity index (χ0n) is 49.0. The van der Waals surface area contributed by atoms with Crippen molar-refractivity contribution in [2.75, 3.05) is 47.5 Å². The highest BCUT2D eigenvalue weighted by atomic mass is 31.2. The molecular weight excluding hydrogens is 918 g/mol. The molecule has 9 nitrogen and oxygen atoms in total. The van der Waals surface area contributed by atoms with E-state index in [1.54, 1.807) is 0 Å². The predicted octanol–water partition coefficient (Wildman–Crippen LogP) is 19.8. The molecule has 0 fully saturated rings. The van der Waals surface area contributed by atoms with E-state index in [-0.39, 0.29) is 25.6 Å². The van der Waals surface area contributed by atoms with E-state index >= 15 is 0 Å². The second-order valence-corrected chi connectivity index (χ2v) is 24.6. The number of likely N-dealkylation sites (N-methyl/N-ethyl adjacent to an activating group) is 1. The minimum absolute atomic E-state index is 0.0368. The summed E-state index contributed by atoms with van der Waals surface area (Å²) in [4.78, 5) is 35.4. The van der Waals surface area contributed by atoms with Gasteiger partial charge < -0.3 is 18.9 Å². The monoisotopic (exact) mass is 1040 g/mol. The molecule has 0 saturated heterocycles. The number of rotatable bonds is 60. The van der Waals surface area contributed by atoms with Gasteiger partial charge in [0.1, 0.15) is 19.8 Å². The minimum Gasteiger partial charge on any atom is -0.462 e. The number of unbranched alkanes of at least 4 members (excludes halogenated alkanes) is 46. The number of ether oxygens (including phenoxy) is 2. The fourth-order valence-electron chi connectivity index (χ4n) is 9.73. The Morgan fingerprint density at radius 2 is 0.625 bits per heavy atom. The normalized spacial score (nSPS) is 13.1. The lowest BCUT2D eigenvalue weighted by Crippen LogP contribution is -2.37. The Morgan fingerprint density at radius 1 is 0.375 bits per heavy atom. The Kier molecular flexibility index (Phi) is 54.0. The van der Waals surface area contributed by atoms with Crippen LogP contribution in [0, 0.1) is 0 Å². The van der Waals surface area contributed by atoms with Crippen LogP contribution in [-0.2, 0) is 32.7 Å². The highest BCUT2D eigenvalue weighted by Crippen LogP contribution is 2.43. The highest BCUT2D eigenvalue weighted by Gasteiger charge is 2.27. The number of nitrogens with zero attached hydrogens (tertiary/aromatic N) is 1. The van der Waals surface area contributed by atoms with Gasteiger partial charge in [0.25, 0.3) is 0 Å². The van der Waals surface area contributed by atoms with Gasteiger partial charge in [-0.2, -0.15) is 0 Å². The molecule has 0 heterocycles. The van der Waals surface area contributed by atoms with Crippen molar-refractivity contribution in [3.05, 3.63) is 0 Å². The van der Waals surface area contributed by atoms with Crippen LogP contribution in [0.25, 0.3) is 0 Å². The molecule has 0 aliphatic rings. The zero-order chi connectivity index (χ0) is 52.7. The van der Waals surface area contributed by atoms with Gasteiger partial charge in [-0.25, -0.2) is 4.57 Å². The average Bonchev–Trinajstić information content (AvgIpc) is 3.34. The van der Waals surface area contributed by atoms with Crippen molar-refractivity contribution < 1.29 is 42.1 Å². The topological polar surface area (TPSA) is 108 Å². The molecule has 0 rings (SSSR count). The molecule has 0 aromatic rings. The number of hydrogen-bond donors (Lipinski definition) is 1. The van der Waals surface area contributed by atoms with Gasteiger partial charge in [0.2, 0.25) is 0 Å². The number of hydrogen-bond acceptors (Lipinski definition) is 7. The first-order valence-electron chi connectivity index (χ1n) is 31.8. The maximum atomic E-state index is 12.8. The van der Waals surface area contributed by atoms with Crippen molar-refractivity contribution in [3.63, 3.8) is 0 Å². The van der Waals surface area contributed by atoms with Gasteiger partial charge in [-0.3, -0.25) is 18.6 Å². The van der Waals surface area contributed by atoms with Crippen LogP contribution in [0.5, 0.6) is 0 Å². The van der Waals surface area contributed by atoms with Gasteiger partial charge in [0.05, 0.1) is 27.7 Å². The van der Waals surface area contributed by atoms with E-state index in [0.29, 0.717) is 17.4 Å². The largest absolute Gasteiger partial charge is 0.472 e. The van der Waals surface area contributed by atoms with Gasteiger partial charge in [-0.1, -0.05) is 309 Å². The molecule has 2 unspecified atom stereocenters. The maximum Gasteiger partial charge on any atom is 0.472 e. The lowest BCUT2D eigenvalue weighted by Gasteiger charge is -2.24. The first-order valence-corrected chi connectivity index (χ1v) is 33.3. The molecule has 0 amide bonds. The lowest BCUT2D eigenvalue weighted by atomic mass is 10.0. The summed E-state index contributed by atoms with van der Waals surface area (Å²) in [5.74, 6) is -0.784. The third-order valence-corrected chi connectivity index (χ3v) is 15.6. The van der Waals surface area contributed by atoms with E-state index in [2.05, 4.69) is 13.8 Å². The van der Waals surface area contributed by atoms with Gasteiger partial charge in [0.15, 0.2) is 6.10 Å². The number of quaternary nitrogens is 1. The van der Waals surface area contributed by atoms with Crippen LogP contribution in [-0.4, -0.2) is 74.9 Å². The summed E-state index contributed by atoms with van der Waals surface area (Å²) in [5, 5.41) is 0. The summed E-state index contributed by atoms with van der Waals surface area (Å²) in [6, 6.07) is 0. The molecular formula is C62H125NO8P+. The van der Waals surface area contributed by atoms with Crippen LogP contribution in [0.3, 0.4) is 0 Å². The fraction of sp³-hybridized carbons (Fsp3) is 0.968. The SMILES string of the molecule is CCCCCCCCCCCCCCCCCCCCCCCCCCCCCCCCCCCCCCCCCCC(=O)OC(COC(=O)CCCCCCCCCC)COP(=O)(O)OCC[N+](C)(C)C. The van der Waals surface area contributed by atoms with Crippen LogP contribution >= 0.6 is 7.82 Å². The second-order valence-electron chi connectivity index (χ2n) is 23.2. The molecule has 1 N–H and O–H groups in total. The van der Waals surface area contributed by atoms with Crippen molar-refractivity contribution in [1.29, 1.82) is 0 Å². The molecule has 0 aromatic carbocycles. The maximum absolute atomic E-state index is 12.8. The third-order valence-electron chi connectivity index (χ3n) is 14.6. The summed E-state index contributed by atoms with van der Waals surface area (Å²) in [7, 11) is 1.50. The molecule has 2 atom stereocenters. The molecule has 0 aliphatic heterocycles. The molecule has 72 heavy (non-hydrogen) atoms. The molecule has 0 aliphatic carbocycles. The van der Waals surface area contributed by atoms with E-state index in [1.165, 1.54) is 270 Å². The van der Waals surface area contributed by atoms with Crippen LogP contribution in [0.15, 0.2) is 0 Å². The Balaban J connectivity index is 3.71. The standard InChI is InChI=1S/C62H124NO8P/c1-6-8-10-12-14-16-17-18-19-20-21-22-23-24-25-26-27-28-29-30-31-32-33-34-35-36-37-38-39-40-41-42-43-44-45-46-47-49-51-53-55-62(65)71-60(59-70-72(66,67)69-57-56-63(3,4)5)58-68-61(64)54-52-50-48-15-13-11-9-7-2/h60H,6-59H2,1-5H3/p+1. The molecule has 10 heteroatoms. The van der Waals surface area contributed by atoms with E-state index in [1.807, 2.05) is 21.1 Å². The van der Waals surface area contributed by atoms with Crippen molar-refractivity contribution in [2.45, 2.75) is 341 Å². The minimum atomic E-state index is -4.37. The lowest BCUT2D eigenvalue weighted by molar-refractivity contribution is -0.870. The summed E-state index contributed by atoms with van der Waals surface area (Å²) < 4.78 is 34.4. The summed E-state index contributed by atoms with van der Waals surface area (Å²) in [5.41, 5.74) is 0. The number of phosphoric ester groups is 1. The quantitative estimate of drug-likeness (QED) is 0.0278. The van der Waals surface area contributed by atoms with E-state index in [9.17, 15) is 19.0 Å². The van der Waals surface area contributed by atoms with Gasteiger partial charge in [-0.15, -0.1) is 0 Å². The Bertz CT molecular complexity index is 1180. The van der Waals surface area contributed by atoms with Crippen molar-refractivity contribution in [1.82, 2.24) is 0 Å². The Morgan fingerprint density at radius 3 is 0.889 bits per heavy atom. The van der Waals surface area contributed by atoms with E-state index in [4.69, 9.17) is 18.5 Å². The number of phosphoric acid groups is 1. The van der Waals surface area contributed by atoms with Gasteiger partial charge >= 0.3 is 19.8 Å². The molecule has 0 spiro atoms. The molecule has 430 valence electrons. The average molecular weight is 1040 g/mol. The summed E-state index contributed by atoms with van der Waals surface area (Å²) in [6.07, 6.45) is 64.0. The van der Waals surface area contributed by atoms with Crippen LogP contribution < -0.4 is 0 Å². The molecule has 0 radical (unpaired) electrons. The summed E-state index contributed by atoms with van der Waals surface area (Å²) in [6.45, 7) is 4.45. The van der Waals surface area contributed by atoms with Crippen molar-refractivity contribution >= 4 is 19.8 Å². The van der Waals surface area contributed by atoms with E-state index in [0.717, 1.165) is 38.5 Å². The highest BCUT2D eigenvalue weighted by molar-refractivity contribution is 7.47. The summed E-state index contributed by atoms with van der Waals surface area (Å²) >= 11 is 0. The first kappa shape index (κ1) is 71.0. The number of carbonyl (C=O) groups excluding carboxylic acids is 2. The van der Waals surface area contributed by atoms with Crippen LogP contribution in [0.2, 0.25) is 0 Å². The smallest absolute Gasteiger partial charge is 0.462 e.